The molecule has 0 bridgehead atoms. The average molecular weight is 298 g/mol. The van der Waals surface area contributed by atoms with Crippen LogP contribution in [0.3, 0.4) is 0 Å². The molecule has 1 aromatic carbocycles. The summed E-state index contributed by atoms with van der Waals surface area (Å²) in [5.74, 6) is 0.209. The molecule has 0 saturated carbocycles. The predicted molar refractivity (Wildman–Crippen MR) is 70.1 cm³/mol. The van der Waals surface area contributed by atoms with Gasteiger partial charge in [0.2, 0.25) is 0 Å². The monoisotopic (exact) mass is 298 g/mol. The van der Waals surface area contributed by atoms with Crippen molar-refractivity contribution in [3.63, 3.8) is 0 Å². The molecule has 7 heteroatoms. The summed E-state index contributed by atoms with van der Waals surface area (Å²) in [6.45, 7) is 0.306. The molecule has 1 N–H and O–H groups in total. The fourth-order valence-electron chi connectivity index (χ4n) is 1.28. The van der Waals surface area contributed by atoms with Crippen LogP contribution in [-0.4, -0.2) is 83.0 Å². The van der Waals surface area contributed by atoms with Gasteiger partial charge >= 0.3 is 51.4 Å². The summed E-state index contributed by atoms with van der Waals surface area (Å²) in [5, 5.41) is 0. The van der Waals surface area contributed by atoms with E-state index >= 15 is 0 Å². The van der Waals surface area contributed by atoms with Crippen molar-refractivity contribution in [3.05, 3.63) is 29.8 Å². The molecule has 0 aliphatic carbocycles. The molecular formula is C11H15KO5S. The number of carbonyl (C=O) groups excluding carboxylic acids is 1. The molecule has 0 aliphatic rings. The summed E-state index contributed by atoms with van der Waals surface area (Å²) in [6, 6.07) is 6.79. The minimum absolute atomic E-state index is 0. The zero-order valence-corrected chi connectivity index (χ0v) is 10.0. The molecule has 0 radical (unpaired) electrons. The number of benzene rings is 1. The Hall–Kier alpha value is 0.236. The fraction of sp³-hybridized carbons (Fsp3) is 0.364. The van der Waals surface area contributed by atoms with E-state index in [9.17, 15) is 13.2 Å². The standard InChI is InChI=1S/C11H14O5S.K.H/c12-9-10-5-1-2-6-11(10)16-7-3-4-8-17(13,14)15;;/h1-2,5-6,9H,3-4,7-8H2,(H,13,14,15);;. The maximum atomic E-state index is 10.7. The summed E-state index contributed by atoms with van der Waals surface area (Å²) in [7, 11) is -3.89. The molecule has 0 heterocycles. The van der Waals surface area contributed by atoms with Crippen molar-refractivity contribution >= 4 is 67.8 Å². The van der Waals surface area contributed by atoms with E-state index in [-0.39, 0.29) is 57.1 Å². The zero-order valence-electron chi connectivity index (χ0n) is 9.20. The van der Waals surface area contributed by atoms with Crippen LogP contribution in [0.15, 0.2) is 24.3 Å². The third-order valence-electron chi connectivity index (χ3n) is 2.10. The van der Waals surface area contributed by atoms with Crippen LogP contribution in [0.25, 0.3) is 0 Å². The number of rotatable bonds is 7. The van der Waals surface area contributed by atoms with Gasteiger partial charge in [-0.05, 0) is 25.0 Å². The van der Waals surface area contributed by atoms with Crippen molar-refractivity contribution in [2.75, 3.05) is 12.4 Å². The SMILES string of the molecule is O=Cc1ccccc1OCCCCS(=O)(=O)O.[KH]. The van der Waals surface area contributed by atoms with Gasteiger partial charge in [0.05, 0.1) is 17.9 Å². The Balaban J connectivity index is 0.00000289. The molecule has 0 saturated heterocycles. The van der Waals surface area contributed by atoms with E-state index in [1.807, 2.05) is 0 Å². The predicted octanol–water partition coefficient (Wildman–Crippen LogP) is 0.897. The van der Waals surface area contributed by atoms with Crippen molar-refractivity contribution in [1.29, 1.82) is 0 Å². The van der Waals surface area contributed by atoms with Gasteiger partial charge in [-0.2, -0.15) is 8.42 Å². The van der Waals surface area contributed by atoms with E-state index in [0.717, 1.165) is 0 Å². The van der Waals surface area contributed by atoms with Crippen LogP contribution in [-0.2, 0) is 10.1 Å². The van der Waals surface area contributed by atoms with Crippen molar-refractivity contribution in [2.45, 2.75) is 12.8 Å². The second kappa shape index (κ2) is 9.19. The summed E-state index contributed by atoms with van der Waals surface area (Å²) in [4.78, 5) is 10.7. The summed E-state index contributed by atoms with van der Waals surface area (Å²) in [6.07, 6.45) is 1.52. The molecule has 0 unspecified atom stereocenters. The molecular weight excluding hydrogens is 283 g/mol. The third kappa shape index (κ3) is 7.62. The molecule has 18 heavy (non-hydrogen) atoms. The van der Waals surface area contributed by atoms with E-state index in [2.05, 4.69) is 0 Å². The van der Waals surface area contributed by atoms with Gasteiger partial charge in [-0.3, -0.25) is 9.35 Å². The second-order valence-electron chi connectivity index (χ2n) is 3.50. The first kappa shape index (κ1) is 18.2. The minimum atomic E-state index is -3.89. The van der Waals surface area contributed by atoms with Gasteiger partial charge in [-0.15, -0.1) is 0 Å². The van der Waals surface area contributed by atoms with Gasteiger partial charge in [0.1, 0.15) is 5.75 Å². The molecule has 0 fully saturated rings. The van der Waals surface area contributed by atoms with Crippen molar-refractivity contribution in [1.82, 2.24) is 0 Å². The quantitative estimate of drug-likeness (QED) is 0.350. The Labute approximate surface area is 149 Å². The Bertz CT molecular complexity index is 472. The van der Waals surface area contributed by atoms with Crippen LogP contribution in [0.5, 0.6) is 5.75 Å². The van der Waals surface area contributed by atoms with E-state index in [0.29, 0.717) is 37.0 Å². The van der Waals surface area contributed by atoms with Crippen LogP contribution in [0.4, 0.5) is 0 Å². The fourth-order valence-corrected chi connectivity index (χ4v) is 1.85. The first-order chi connectivity index (χ1) is 8.03. The van der Waals surface area contributed by atoms with E-state index in [1.54, 1.807) is 24.3 Å². The van der Waals surface area contributed by atoms with Gasteiger partial charge in [0.15, 0.2) is 6.29 Å². The van der Waals surface area contributed by atoms with Crippen molar-refractivity contribution < 1.29 is 22.5 Å². The second-order valence-corrected chi connectivity index (χ2v) is 5.07. The van der Waals surface area contributed by atoms with Crippen LogP contribution < -0.4 is 4.74 Å². The van der Waals surface area contributed by atoms with E-state index < -0.39 is 10.1 Å². The first-order valence-corrected chi connectivity index (χ1v) is 6.76. The summed E-state index contributed by atoms with van der Waals surface area (Å²) < 4.78 is 34.7. The van der Waals surface area contributed by atoms with Gasteiger partial charge in [0, 0.05) is 0 Å². The molecule has 0 aromatic heterocycles. The number of hydrogen-bond donors (Lipinski definition) is 1. The van der Waals surface area contributed by atoms with Crippen LogP contribution >= 0.6 is 0 Å². The van der Waals surface area contributed by atoms with E-state index in [4.69, 9.17) is 9.29 Å². The van der Waals surface area contributed by atoms with Crippen LogP contribution in [0, 0.1) is 0 Å². The number of ether oxygens (including phenoxy) is 1. The first-order valence-electron chi connectivity index (χ1n) is 5.15. The number of unbranched alkanes of at least 4 members (excludes halogenated alkanes) is 1. The molecule has 0 amide bonds. The molecule has 1 aromatic rings. The number of carbonyl (C=O) groups is 1. The van der Waals surface area contributed by atoms with Gasteiger partial charge in [-0.1, -0.05) is 12.1 Å². The van der Waals surface area contributed by atoms with E-state index in [1.165, 1.54) is 0 Å². The third-order valence-corrected chi connectivity index (χ3v) is 2.90. The van der Waals surface area contributed by atoms with Gasteiger partial charge in [0.25, 0.3) is 10.1 Å². The summed E-state index contributed by atoms with van der Waals surface area (Å²) >= 11 is 0. The Kier molecular flexibility index (Phi) is 9.31. The van der Waals surface area contributed by atoms with Crippen LogP contribution in [0.2, 0.25) is 0 Å². The summed E-state index contributed by atoms with van der Waals surface area (Å²) in [5.41, 5.74) is 0.460. The zero-order chi connectivity index (χ0) is 12.7. The molecule has 1 rings (SSSR count). The number of para-hydroxylation sites is 1. The van der Waals surface area contributed by atoms with Crippen molar-refractivity contribution in [3.8, 4) is 5.75 Å². The Morgan fingerprint density at radius 2 is 1.89 bits per heavy atom. The number of hydrogen-bond acceptors (Lipinski definition) is 4. The average Bonchev–Trinajstić information content (AvgIpc) is 2.27. The Morgan fingerprint density at radius 3 is 2.50 bits per heavy atom. The molecule has 0 aliphatic heterocycles. The molecule has 0 spiro atoms. The topological polar surface area (TPSA) is 80.7 Å². The molecule has 96 valence electrons. The van der Waals surface area contributed by atoms with Crippen LogP contribution in [0.1, 0.15) is 23.2 Å². The van der Waals surface area contributed by atoms with Crippen molar-refractivity contribution in [2.24, 2.45) is 0 Å². The molecule has 0 atom stereocenters. The van der Waals surface area contributed by atoms with Gasteiger partial charge in [-0.25, -0.2) is 0 Å². The number of aldehydes is 1. The Morgan fingerprint density at radius 1 is 1.22 bits per heavy atom. The normalized spacial score (nSPS) is 10.5. The van der Waals surface area contributed by atoms with Gasteiger partial charge < -0.3 is 4.74 Å². The molecule has 5 nitrogen and oxygen atoms in total. The maximum absolute atomic E-state index is 10.7.